The molecule has 0 aromatic heterocycles. The average Bonchev–Trinajstić information content (AvgIpc) is 1.94. The molecule has 0 atom stereocenters. The molecule has 0 unspecified atom stereocenters. The van der Waals surface area contributed by atoms with Gasteiger partial charge in [0.2, 0.25) is 0 Å². The summed E-state index contributed by atoms with van der Waals surface area (Å²) in [6, 6.07) is 8.36. The van der Waals surface area contributed by atoms with Gasteiger partial charge in [-0.3, -0.25) is 0 Å². The number of nitrogens with two attached hydrogens (primary N) is 1. The number of hydrogen-bond acceptors (Lipinski definition) is 2. The highest BCUT2D eigenvalue weighted by Gasteiger charge is 1.83. The van der Waals surface area contributed by atoms with Gasteiger partial charge < -0.3 is 0 Å². The Morgan fingerprint density at radius 3 is 1.46 bits per heavy atom. The SMILES string of the molecule is Cc1ccccc1C.Cl.N[SH](=O)=O. The molecule has 1 rings (SSSR count). The minimum atomic E-state index is -2.62. The van der Waals surface area contributed by atoms with Crippen LogP contribution in [0.15, 0.2) is 24.3 Å². The summed E-state index contributed by atoms with van der Waals surface area (Å²) in [5.74, 6) is 0. The summed E-state index contributed by atoms with van der Waals surface area (Å²) in [7, 11) is -2.62. The third-order valence-electron chi connectivity index (χ3n) is 1.43. The molecule has 0 bridgehead atoms. The molecule has 0 aliphatic heterocycles. The van der Waals surface area contributed by atoms with Gasteiger partial charge in [0.15, 0.2) is 10.9 Å². The van der Waals surface area contributed by atoms with Crippen molar-refractivity contribution in [2.75, 3.05) is 0 Å². The molecule has 13 heavy (non-hydrogen) atoms. The second-order valence-corrected chi connectivity index (χ2v) is 2.94. The van der Waals surface area contributed by atoms with Crippen molar-refractivity contribution in [3.05, 3.63) is 35.4 Å². The van der Waals surface area contributed by atoms with E-state index in [0.717, 1.165) is 0 Å². The van der Waals surface area contributed by atoms with Crippen LogP contribution in [0.25, 0.3) is 0 Å². The van der Waals surface area contributed by atoms with E-state index in [1.165, 1.54) is 11.1 Å². The van der Waals surface area contributed by atoms with Crippen molar-refractivity contribution in [1.29, 1.82) is 0 Å². The Balaban J connectivity index is 0. The van der Waals surface area contributed by atoms with Crippen molar-refractivity contribution < 1.29 is 8.42 Å². The minimum absolute atomic E-state index is 0. The number of halogens is 1. The lowest BCUT2D eigenvalue weighted by Crippen LogP contribution is -1.85. The lowest BCUT2D eigenvalue weighted by Gasteiger charge is -1.93. The molecule has 1 aromatic carbocycles. The minimum Gasteiger partial charge on any atom is -0.231 e. The third kappa shape index (κ3) is 9.33. The smallest absolute Gasteiger partial charge is 0.198 e. The van der Waals surface area contributed by atoms with Crippen molar-refractivity contribution in [2.45, 2.75) is 13.8 Å². The lowest BCUT2D eigenvalue weighted by molar-refractivity contribution is 0.616. The van der Waals surface area contributed by atoms with Gasteiger partial charge in [0.05, 0.1) is 0 Å². The van der Waals surface area contributed by atoms with Crippen LogP contribution in [0.2, 0.25) is 0 Å². The highest BCUT2D eigenvalue weighted by molar-refractivity contribution is 7.69. The van der Waals surface area contributed by atoms with Gasteiger partial charge in [-0.1, -0.05) is 24.3 Å². The predicted molar refractivity (Wildman–Crippen MR) is 57.7 cm³/mol. The molecule has 76 valence electrons. The monoisotopic (exact) mass is 223 g/mol. The summed E-state index contributed by atoms with van der Waals surface area (Å²) >= 11 is 0. The molecule has 0 saturated heterocycles. The third-order valence-corrected chi connectivity index (χ3v) is 1.43. The van der Waals surface area contributed by atoms with Crippen LogP contribution in [0.4, 0.5) is 0 Å². The van der Waals surface area contributed by atoms with Crippen LogP contribution in [0.5, 0.6) is 0 Å². The molecule has 3 nitrogen and oxygen atoms in total. The Hall–Kier alpha value is -0.580. The fraction of sp³-hybridized carbons (Fsp3) is 0.250. The zero-order chi connectivity index (χ0) is 9.56. The second-order valence-electron chi connectivity index (χ2n) is 2.37. The number of thiol groups is 1. The summed E-state index contributed by atoms with van der Waals surface area (Å²) in [6.07, 6.45) is 0. The highest BCUT2D eigenvalue weighted by atomic mass is 35.5. The molecule has 0 heterocycles. The van der Waals surface area contributed by atoms with Gasteiger partial charge in [-0.2, -0.15) is 0 Å². The maximum atomic E-state index is 8.81. The van der Waals surface area contributed by atoms with Crippen molar-refractivity contribution >= 4 is 23.3 Å². The van der Waals surface area contributed by atoms with Gasteiger partial charge in [0, 0.05) is 0 Å². The Morgan fingerprint density at radius 1 is 1.08 bits per heavy atom. The quantitative estimate of drug-likeness (QED) is 0.650. The molecule has 0 radical (unpaired) electrons. The van der Waals surface area contributed by atoms with Crippen LogP contribution in [-0.2, 0) is 10.9 Å². The first kappa shape index (κ1) is 14.9. The summed E-state index contributed by atoms with van der Waals surface area (Å²) in [5, 5.41) is 4.06. The first-order valence-electron chi connectivity index (χ1n) is 3.45. The Morgan fingerprint density at radius 2 is 1.31 bits per heavy atom. The van der Waals surface area contributed by atoms with E-state index in [1.54, 1.807) is 0 Å². The maximum absolute atomic E-state index is 8.81. The molecule has 0 aliphatic carbocycles. The molecular weight excluding hydrogens is 210 g/mol. The van der Waals surface area contributed by atoms with Crippen molar-refractivity contribution in [2.24, 2.45) is 5.14 Å². The van der Waals surface area contributed by atoms with Gasteiger partial charge in [-0.05, 0) is 25.0 Å². The molecule has 0 amide bonds. The highest BCUT2D eigenvalue weighted by Crippen LogP contribution is 2.02. The van der Waals surface area contributed by atoms with E-state index in [-0.39, 0.29) is 12.4 Å². The molecule has 1 aromatic rings. The number of aryl methyl sites for hydroxylation is 2. The molecule has 0 fully saturated rings. The van der Waals surface area contributed by atoms with Gasteiger partial charge in [-0.15, -0.1) is 12.4 Å². The first-order chi connectivity index (χ1) is 5.54. The number of rotatable bonds is 0. The molecule has 0 aliphatic rings. The average molecular weight is 224 g/mol. The van der Waals surface area contributed by atoms with Crippen LogP contribution in [0.3, 0.4) is 0 Å². The van der Waals surface area contributed by atoms with Crippen LogP contribution < -0.4 is 5.14 Å². The maximum Gasteiger partial charge on any atom is 0.198 e. The Kier molecular flexibility index (Phi) is 9.22. The summed E-state index contributed by atoms with van der Waals surface area (Å²) < 4.78 is 17.6. The van der Waals surface area contributed by atoms with E-state index in [4.69, 9.17) is 8.42 Å². The Labute approximate surface area is 86.5 Å². The van der Waals surface area contributed by atoms with Crippen LogP contribution in [0.1, 0.15) is 11.1 Å². The van der Waals surface area contributed by atoms with Crippen molar-refractivity contribution in [3.63, 3.8) is 0 Å². The zero-order valence-electron chi connectivity index (χ0n) is 7.56. The number of benzene rings is 1. The van der Waals surface area contributed by atoms with Crippen LogP contribution >= 0.6 is 12.4 Å². The topological polar surface area (TPSA) is 60.2 Å². The van der Waals surface area contributed by atoms with E-state index in [2.05, 4.69) is 43.3 Å². The largest absolute Gasteiger partial charge is 0.231 e. The standard InChI is InChI=1S/C8H10.ClH.H3NO2S/c1-7-5-3-4-6-8(7)2;;1-4(2)3/h3-6H,1-2H3;1H;4H,(H2,1,2,3). The van der Waals surface area contributed by atoms with E-state index in [0.29, 0.717) is 0 Å². The van der Waals surface area contributed by atoms with E-state index < -0.39 is 10.9 Å². The summed E-state index contributed by atoms with van der Waals surface area (Å²) in [4.78, 5) is 0. The van der Waals surface area contributed by atoms with E-state index in [9.17, 15) is 0 Å². The fourth-order valence-electron chi connectivity index (χ4n) is 0.663. The van der Waals surface area contributed by atoms with Gasteiger partial charge in [0.25, 0.3) is 0 Å². The Bertz CT molecular complexity index is 284. The molecule has 0 spiro atoms. The van der Waals surface area contributed by atoms with E-state index >= 15 is 0 Å². The molecular formula is C8H14ClNO2S. The normalized spacial score (nSPS) is 8.31. The van der Waals surface area contributed by atoms with Crippen LogP contribution in [0, 0.1) is 13.8 Å². The van der Waals surface area contributed by atoms with Gasteiger partial charge in [0.1, 0.15) is 0 Å². The van der Waals surface area contributed by atoms with E-state index in [1.807, 2.05) is 0 Å². The first-order valence-corrected chi connectivity index (χ1v) is 4.70. The predicted octanol–water partition coefficient (Wildman–Crippen LogP) is 1.20. The molecule has 5 heteroatoms. The summed E-state index contributed by atoms with van der Waals surface area (Å²) in [6.45, 7) is 4.24. The van der Waals surface area contributed by atoms with Gasteiger partial charge >= 0.3 is 0 Å². The number of hydrogen-bond donors (Lipinski definition) is 2. The molecule has 0 saturated carbocycles. The summed E-state index contributed by atoms with van der Waals surface area (Å²) in [5.41, 5.74) is 2.74. The lowest BCUT2D eigenvalue weighted by atomic mass is 10.1. The van der Waals surface area contributed by atoms with Crippen LogP contribution in [-0.4, -0.2) is 8.42 Å². The van der Waals surface area contributed by atoms with Crippen molar-refractivity contribution in [3.8, 4) is 0 Å². The molecule has 2 N–H and O–H groups in total. The van der Waals surface area contributed by atoms with Crippen molar-refractivity contribution in [1.82, 2.24) is 0 Å². The van der Waals surface area contributed by atoms with Gasteiger partial charge in [-0.25, -0.2) is 13.6 Å². The zero-order valence-corrected chi connectivity index (χ0v) is 9.27. The second kappa shape index (κ2) is 8.04. The fourth-order valence-corrected chi connectivity index (χ4v) is 0.663.